The minimum Gasteiger partial charge on any atom is -0.331 e. The van der Waals surface area contributed by atoms with E-state index in [1.54, 1.807) is 17.3 Å². The highest BCUT2D eigenvalue weighted by Crippen LogP contribution is 2.11. The number of rotatable bonds is 5. The number of hydrogen-bond donors (Lipinski definition) is 2. The van der Waals surface area contributed by atoms with Crippen molar-refractivity contribution in [3.8, 4) is 0 Å². The fraction of sp³-hybridized carbons (Fsp3) is 0.308. The summed E-state index contributed by atoms with van der Waals surface area (Å²) in [6, 6.07) is 8.31. The zero-order valence-electron chi connectivity index (χ0n) is 10.8. The summed E-state index contributed by atoms with van der Waals surface area (Å²) in [6.07, 6.45) is 6.65. The summed E-state index contributed by atoms with van der Waals surface area (Å²) >= 11 is 5.19. The van der Waals surface area contributed by atoms with E-state index in [2.05, 4.69) is 40.0 Å². The second-order valence-electron chi connectivity index (χ2n) is 4.24. The molecular formula is C13H17N5S. The molecule has 19 heavy (non-hydrogen) atoms. The van der Waals surface area contributed by atoms with E-state index in [1.807, 2.05) is 12.1 Å². The molecule has 100 valence electrons. The number of hydrogen-bond acceptors (Lipinski definition) is 3. The van der Waals surface area contributed by atoms with Crippen LogP contribution in [0, 0.1) is 0 Å². The van der Waals surface area contributed by atoms with Crippen LogP contribution in [0.4, 0.5) is 5.69 Å². The molecule has 1 aromatic carbocycles. The smallest absolute Gasteiger partial charge is 0.190 e. The zero-order valence-corrected chi connectivity index (χ0v) is 11.7. The lowest BCUT2D eigenvalue weighted by atomic mass is 10.1. The number of benzene rings is 1. The minimum atomic E-state index is 0.501. The Bertz CT molecular complexity index is 506. The first-order valence-corrected chi connectivity index (χ1v) is 6.70. The minimum absolute atomic E-state index is 0.501. The highest BCUT2D eigenvalue weighted by molar-refractivity contribution is 7.80. The van der Waals surface area contributed by atoms with E-state index in [0.29, 0.717) is 5.11 Å². The topological polar surface area (TPSA) is 54.8 Å². The molecule has 6 heteroatoms. The normalized spacial score (nSPS) is 10.2. The van der Waals surface area contributed by atoms with Crippen LogP contribution >= 0.6 is 12.2 Å². The van der Waals surface area contributed by atoms with E-state index in [4.69, 9.17) is 12.2 Å². The van der Waals surface area contributed by atoms with E-state index in [0.717, 1.165) is 12.1 Å². The van der Waals surface area contributed by atoms with Crippen LogP contribution in [0.2, 0.25) is 0 Å². The highest BCUT2D eigenvalue weighted by atomic mass is 32.1. The lowest BCUT2D eigenvalue weighted by Gasteiger charge is -2.10. The van der Waals surface area contributed by atoms with Gasteiger partial charge >= 0.3 is 0 Å². The molecule has 2 rings (SSSR count). The molecule has 5 nitrogen and oxygen atoms in total. The van der Waals surface area contributed by atoms with Crippen molar-refractivity contribution in [2.45, 2.75) is 26.2 Å². The van der Waals surface area contributed by atoms with E-state index in [-0.39, 0.29) is 0 Å². The average Bonchev–Trinajstić information content (AvgIpc) is 2.90. The molecule has 1 heterocycles. The van der Waals surface area contributed by atoms with E-state index < -0.39 is 0 Å². The molecule has 0 aliphatic carbocycles. The van der Waals surface area contributed by atoms with Crippen molar-refractivity contribution in [1.82, 2.24) is 14.9 Å². The Morgan fingerprint density at radius 2 is 1.89 bits per heavy atom. The van der Waals surface area contributed by atoms with E-state index >= 15 is 0 Å². The van der Waals surface area contributed by atoms with Gasteiger partial charge in [0.05, 0.1) is 0 Å². The molecule has 0 aliphatic heterocycles. The fourth-order valence-corrected chi connectivity index (χ4v) is 1.89. The van der Waals surface area contributed by atoms with Gasteiger partial charge < -0.3 is 5.32 Å². The second kappa shape index (κ2) is 6.84. The van der Waals surface area contributed by atoms with Gasteiger partial charge in [0.1, 0.15) is 12.7 Å². The van der Waals surface area contributed by atoms with Crippen LogP contribution in [-0.2, 0) is 6.42 Å². The Labute approximate surface area is 118 Å². The van der Waals surface area contributed by atoms with Crippen LogP contribution in [0.1, 0.15) is 25.3 Å². The van der Waals surface area contributed by atoms with Crippen LogP contribution in [0.3, 0.4) is 0 Å². The number of aromatic nitrogens is 3. The molecule has 0 saturated heterocycles. The molecule has 2 N–H and O–H groups in total. The number of nitrogens with one attached hydrogen (secondary N) is 2. The summed E-state index contributed by atoms with van der Waals surface area (Å²) in [5.41, 5.74) is 5.25. The maximum atomic E-state index is 5.19. The molecule has 0 fully saturated rings. The summed E-state index contributed by atoms with van der Waals surface area (Å²) in [6.45, 7) is 2.20. The third-order valence-electron chi connectivity index (χ3n) is 2.68. The molecule has 0 spiro atoms. The van der Waals surface area contributed by atoms with Crippen LogP contribution in [-0.4, -0.2) is 20.0 Å². The maximum Gasteiger partial charge on any atom is 0.190 e. The third-order valence-corrected chi connectivity index (χ3v) is 2.87. The largest absolute Gasteiger partial charge is 0.331 e. The number of aryl methyl sites for hydroxylation is 1. The number of anilines is 1. The lowest BCUT2D eigenvalue weighted by Crippen LogP contribution is -2.26. The van der Waals surface area contributed by atoms with Crippen molar-refractivity contribution < 1.29 is 0 Å². The highest BCUT2D eigenvalue weighted by Gasteiger charge is 1.99. The summed E-state index contributed by atoms with van der Waals surface area (Å²) < 4.78 is 1.59. The van der Waals surface area contributed by atoms with Crippen molar-refractivity contribution in [2.75, 3.05) is 10.7 Å². The van der Waals surface area contributed by atoms with Gasteiger partial charge in [0.25, 0.3) is 0 Å². The Kier molecular flexibility index (Phi) is 4.85. The number of unbranched alkanes of at least 4 members (excludes halogenated alkanes) is 1. The van der Waals surface area contributed by atoms with Gasteiger partial charge in [0, 0.05) is 5.69 Å². The fourth-order valence-electron chi connectivity index (χ4n) is 1.67. The lowest BCUT2D eigenvalue weighted by molar-refractivity contribution is 0.795. The van der Waals surface area contributed by atoms with Crippen molar-refractivity contribution in [3.63, 3.8) is 0 Å². The summed E-state index contributed by atoms with van der Waals surface area (Å²) in [7, 11) is 0. The van der Waals surface area contributed by atoms with Gasteiger partial charge in [0.15, 0.2) is 5.11 Å². The monoisotopic (exact) mass is 275 g/mol. The predicted octanol–water partition coefficient (Wildman–Crippen LogP) is 2.56. The first-order chi connectivity index (χ1) is 9.28. The zero-order chi connectivity index (χ0) is 13.5. The summed E-state index contributed by atoms with van der Waals surface area (Å²) in [4.78, 5) is 0. The van der Waals surface area contributed by atoms with Crippen LogP contribution in [0.25, 0.3) is 0 Å². The van der Waals surface area contributed by atoms with Crippen molar-refractivity contribution in [3.05, 3.63) is 42.5 Å². The van der Waals surface area contributed by atoms with Gasteiger partial charge in [-0.25, -0.2) is 4.68 Å². The molecule has 1 aromatic heterocycles. The van der Waals surface area contributed by atoms with E-state index in [1.165, 1.54) is 18.4 Å². The molecule has 0 unspecified atom stereocenters. The molecule has 0 amide bonds. The molecule has 0 aliphatic rings. The third kappa shape index (κ3) is 4.33. The van der Waals surface area contributed by atoms with Crippen molar-refractivity contribution >= 4 is 23.0 Å². The molecule has 0 radical (unpaired) electrons. The molecule has 0 saturated carbocycles. The maximum absolute atomic E-state index is 5.19. The van der Waals surface area contributed by atoms with Crippen molar-refractivity contribution in [1.29, 1.82) is 0 Å². The quantitative estimate of drug-likeness (QED) is 0.821. The SMILES string of the molecule is CCCCc1ccc(NC(=S)Nn2cnnc2)cc1. The van der Waals surface area contributed by atoms with Gasteiger partial charge in [-0.15, -0.1) is 10.2 Å². The number of nitrogens with zero attached hydrogens (tertiary/aromatic N) is 3. The predicted molar refractivity (Wildman–Crippen MR) is 80.7 cm³/mol. The summed E-state index contributed by atoms with van der Waals surface area (Å²) in [5.74, 6) is 0. The number of thiocarbonyl (C=S) groups is 1. The Morgan fingerprint density at radius 3 is 2.53 bits per heavy atom. The summed E-state index contributed by atoms with van der Waals surface area (Å²) in [5, 5.41) is 11.0. The molecular weight excluding hydrogens is 258 g/mol. The first-order valence-electron chi connectivity index (χ1n) is 6.29. The van der Waals surface area contributed by atoms with Gasteiger partial charge in [-0.05, 0) is 42.8 Å². The Balaban J connectivity index is 1.86. The Morgan fingerprint density at radius 1 is 1.21 bits per heavy atom. The first kappa shape index (κ1) is 13.5. The average molecular weight is 275 g/mol. The van der Waals surface area contributed by atoms with E-state index in [9.17, 15) is 0 Å². The molecule has 2 aromatic rings. The van der Waals surface area contributed by atoms with Crippen molar-refractivity contribution in [2.24, 2.45) is 0 Å². The molecule has 0 atom stereocenters. The van der Waals surface area contributed by atoms with Gasteiger partial charge in [-0.3, -0.25) is 5.43 Å². The second-order valence-corrected chi connectivity index (χ2v) is 4.64. The van der Waals surface area contributed by atoms with Crippen LogP contribution in [0.5, 0.6) is 0 Å². The van der Waals surface area contributed by atoms with Gasteiger partial charge in [-0.1, -0.05) is 25.5 Å². The van der Waals surface area contributed by atoms with Crippen LogP contribution < -0.4 is 10.7 Å². The van der Waals surface area contributed by atoms with Gasteiger partial charge in [0.2, 0.25) is 0 Å². The standard InChI is InChI=1S/C13H17N5S/c1-2-3-4-11-5-7-12(8-6-11)16-13(19)17-18-9-14-15-10-18/h5-10H,2-4H2,1H3,(H2,16,17,19). The molecule has 0 bridgehead atoms. The Hall–Kier alpha value is -1.95. The van der Waals surface area contributed by atoms with Gasteiger partial charge in [-0.2, -0.15) is 0 Å². The van der Waals surface area contributed by atoms with Crippen LogP contribution in [0.15, 0.2) is 36.9 Å².